The summed E-state index contributed by atoms with van der Waals surface area (Å²) in [7, 11) is 0. The van der Waals surface area contributed by atoms with Gasteiger partial charge in [-0.2, -0.15) is 0 Å². The molecule has 0 unspecified atom stereocenters. The first-order valence-corrected chi connectivity index (χ1v) is 53.4. The number of fused-ring (bicyclic) bond motifs is 28. The molecule has 28 rings (SSSR count). The fourth-order valence-electron chi connectivity index (χ4n) is 21.7. The highest BCUT2D eigenvalue weighted by molar-refractivity contribution is 7.23. The van der Waals surface area contributed by atoms with Gasteiger partial charge in [-0.25, -0.2) is 19.9 Å². The molecule has 16 heterocycles. The summed E-state index contributed by atoms with van der Waals surface area (Å²) in [5.41, 5.74) is 39.6. The largest absolute Gasteiger partial charge is 0.487 e. The number of nitrogens with one attached hydrogen (secondary N) is 4. The molecule has 0 fully saturated rings. The number of aromatic amines is 4. The Morgan fingerprint density at radius 2 is 0.593 bits per heavy atom. The molecule has 0 saturated heterocycles. The van der Waals surface area contributed by atoms with Crippen LogP contribution in [0.5, 0.6) is 23.0 Å². The van der Waals surface area contributed by atoms with E-state index < -0.39 is 0 Å². The van der Waals surface area contributed by atoms with Crippen LogP contribution in [0.2, 0.25) is 0 Å². The van der Waals surface area contributed by atoms with Gasteiger partial charge in [-0.1, -0.05) is 208 Å². The van der Waals surface area contributed by atoms with E-state index in [1.165, 1.54) is 188 Å². The molecule has 18 aromatic rings. The van der Waals surface area contributed by atoms with Gasteiger partial charge in [0.2, 0.25) is 0 Å². The standard InChI is InChI=1S/C31H29N3S.C30H27N3OS.C30H29N3OS.C29H27N3O2S/c1-16(2)27-15-24-22-9-6-20-14-28(35-30(20)23(22)10-12-25(24)32-27)19-5-8-21-18(13-19)7-11-26-29(21)34-31(33-26)17(3)4;1-15(2)24-13-22-21-9-6-19-12-26(35-29(19)28(21)34-14-25(22)31-24)18-5-8-20-17(11-18)7-10-23-27(20)33-30(32-23)16(3)4;1-15(2)24-13-22-19-7-6-18-12-27(35-29(18)20(19)9-10-23(22)31-24)17-5-8-21-26(11-17)34-14-25-28(21)33-30(32-25)16(3)4;1-14(2)21-11-20-18-7-6-17-10-25(35-28(17)27(18)34-12-22(20)30-21)16-5-8-19-24(9-16)33-13-23-26(19)32-29(31-23)15(3)4/h5-9,11,13-14,16-17H,10,12,15H2,1-4H3,(H,33,34);5-12,15-16H,13-14H2,1-4H3,(H,32,33);5-8,11-12,15-16H,9-10,13-14H2,1-4H3,(H,32,33);5-10,14-15H,11-13H2,1-4H3,(H,31,32). The quantitative estimate of drug-likeness (QED) is 0.0925. The zero-order chi connectivity index (χ0) is 95.4. The first-order chi connectivity index (χ1) is 67.8. The van der Waals surface area contributed by atoms with Gasteiger partial charge in [0.25, 0.3) is 0 Å². The first-order valence-electron chi connectivity index (χ1n) is 50.1. The van der Waals surface area contributed by atoms with Crippen LogP contribution in [-0.4, -0.2) is 75.9 Å². The Labute approximate surface area is 830 Å². The lowest BCUT2D eigenvalue weighted by atomic mass is 9.86. The Balaban J connectivity index is 0.0000000985. The number of H-pyrrole nitrogens is 4. The predicted molar refractivity (Wildman–Crippen MR) is 586 cm³/mol. The maximum Gasteiger partial charge on any atom is 0.145 e. The number of aromatic nitrogens is 8. The topological polar surface area (TPSA) is 201 Å². The highest BCUT2D eigenvalue weighted by Crippen LogP contribution is 2.55. The van der Waals surface area contributed by atoms with Gasteiger partial charge in [0.15, 0.2) is 0 Å². The molecular formula is C120H112N12O4S4. The molecule has 8 aliphatic heterocycles. The van der Waals surface area contributed by atoms with Crippen molar-refractivity contribution in [1.29, 1.82) is 0 Å². The van der Waals surface area contributed by atoms with Gasteiger partial charge in [-0.05, 0) is 221 Å². The number of allylic oxidation sites excluding steroid dienone is 6. The van der Waals surface area contributed by atoms with E-state index in [0.717, 1.165) is 171 Å². The van der Waals surface area contributed by atoms with E-state index in [1.807, 2.05) is 34.0 Å². The number of aliphatic imine (C=N–C) groups is 4. The summed E-state index contributed by atoms with van der Waals surface area (Å²) >= 11 is 7.47. The molecule has 0 radical (unpaired) electrons. The number of ether oxygens (including phenoxy) is 4. The number of benzene rings is 10. The Morgan fingerprint density at radius 1 is 0.271 bits per heavy atom. The van der Waals surface area contributed by atoms with Crippen molar-refractivity contribution in [2.24, 2.45) is 43.6 Å². The number of rotatable bonds is 12. The van der Waals surface area contributed by atoms with Crippen LogP contribution in [0.3, 0.4) is 0 Å². The van der Waals surface area contributed by atoms with E-state index in [2.05, 4.69) is 301 Å². The number of thiophene rings is 4. The normalized spacial score (nSPS) is 15.9. The number of hydrogen-bond donors (Lipinski definition) is 4. The van der Waals surface area contributed by atoms with Crippen molar-refractivity contribution in [3.63, 3.8) is 0 Å². The summed E-state index contributed by atoms with van der Waals surface area (Å²) in [5.74, 6) is 11.4. The zero-order valence-electron chi connectivity index (χ0n) is 82.1. The minimum atomic E-state index is 0.356. The van der Waals surface area contributed by atoms with Crippen LogP contribution >= 0.6 is 45.3 Å². The summed E-state index contributed by atoms with van der Waals surface area (Å²) in [6.07, 6.45) is 8.21. The number of aryl methyl sites for hydroxylation is 2. The molecule has 2 aliphatic carbocycles. The van der Waals surface area contributed by atoms with Crippen LogP contribution in [0.4, 0.5) is 0 Å². The van der Waals surface area contributed by atoms with E-state index in [0.29, 0.717) is 73.8 Å². The van der Waals surface area contributed by atoms with E-state index >= 15 is 0 Å². The summed E-state index contributed by atoms with van der Waals surface area (Å²) in [6.45, 7) is 37.4. The lowest BCUT2D eigenvalue weighted by Gasteiger charge is -2.19. The Bertz CT molecular complexity index is 8110. The molecule has 700 valence electrons. The SMILES string of the molecule is CC(C)C1=NC2=C(C1)c1ccc3cc(-c4ccc5c(c4)OCc4[nH]c(C(C)C)nc4-5)sc3c1CC2.CC(C)C1=NC2=C(C1)c1ccc3cc(-c4ccc5c(c4)OCc4[nH]c(C(C)C)nc4-5)sc3c1OC2.CC(C)C1=NC2=C(C1)c1ccc3cc(-c4ccc5c(ccc6[nH]c(C(C)C)nc65)c4)sc3c1CC2.CC(C)C1=NC2=C(C1)c1ccc3cc(-c4ccc5c(ccc6[nH]c(C(C)C)nc65)c4)sc3c1OC2. The van der Waals surface area contributed by atoms with Crippen molar-refractivity contribution in [3.05, 3.63) is 261 Å². The molecule has 16 nitrogen and oxygen atoms in total. The molecular weight excluding hydrogens is 1800 g/mol. The summed E-state index contributed by atoms with van der Waals surface area (Å²) < 4.78 is 30.2. The van der Waals surface area contributed by atoms with E-state index in [-0.39, 0.29) is 0 Å². The van der Waals surface area contributed by atoms with Crippen LogP contribution in [-0.2, 0) is 26.1 Å². The molecule has 0 spiro atoms. The predicted octanol–water partition coefficient (Wildman–Crippen LogP) is 32.9. The molecule has 0 atom stereocenters. The zero-order valence-corrected chi connectivity index (χ0v) is 85.4. The highest BCUT2D eigenvalue weighted by atomic mass is 32.1. The van der Waals surface area contributed by atoms with Gasteiger partial charge in [0.05, 0.1) is 65.6 Å². The highest BCUT2D eigenvalue weighted by Gasteiger charge is 2.36. The van der Waals surface area contributed by atoms with Crippen molar-refractivity contribution in [3.8, 4) is 87.3 Å². The third-order valence-corrected chi connectivity index (χ3v) is 34.7. The first kappa shape index (κ1) is 88.2. The fourth-order valence-corrected chi connectivity index (χ4v) is 26.5. The lowest BCUT2D eigenvalue weighted by Crippen LogP contribution is -2.08. The molecule has 0 bridgehead atoms. The smallest absolute Gasteiger partial charge is 0.145 e. The second-order valence-corrected chi connectivity index (χ2v) is 46.0. The molecule has 0 saturated carbocycles. The maximum absolute atomic E-state index is 6.30. The van der Waals surface area contributed by atoms with Gasteiger partial charge in [0.1, 0.15) is 72.7 Å². The molecule has 10 aromatic carbocycles. The van der Waals surface area contributed by atoms with E-state index in [9.17, 15) is 0 Å². The van der Waals surface area contributed by atoms with Gasteiger partial charge in [0, 0.05) is 146 Å². The average Bonchev–Trinajstić information content (AvgIpc) is 1.60. The molecule has 10 aliphatic rings. The minimum absolute atomic E-state index is 0.356. The van der Waals surface area contributed by atoms with Gasteiger partial charge in [-0.3, -0.25) is 20.0 Å². The van der Waals surface area contributed by atoms with Crippen molar-refractivity contribution in [1.82, 2.24) is 39.9 Å². The second-order valence-electron chi connectivity index (χ2n) is 41.8. The molecule has 140 heavy (non-hydrogen) atoms. The minimum Gasteiger partial charge on any atom is -0.487 e. The molecule has 8 aromatic heterocycles. The maximum atomic E-state index is 6.30. The van der Waals surface area contributed by atoms with Crippen LogP contribution in [0, 0.1) is 23.7 Å². The second kappa shape index (κ2) is 34.3. The summed E-state index contributed by atoms with van der Waals surface area (Å²) in [4.78, 5) is 58.2. The number of nitrogens with zero attached hydrogens (tertiary/aromatic N) is 8. The summed E-state index contributed by atoms with van der Waals surface area (Å²) in [6, 6.07) is 62.9. The number of hydrogen-bond acceptors (Lipinski definition) is 16. The van der Waals surface area contributed by atoms with E-state index in [1.54, 1.807) is 11.3 Å². The van der Waals surface area contributed by atoms with Crippen LogP contribution in [0.15, 0.2) is 213 Å². The molecule has 20 heteroatoms. The number of imidazole rings is 4. The molecule has 4 N–H and O–H groups in total. The van der Waals surface area contributed by atoms with Gasteiger partial charge < -0.3 is 38.9 Å². The fraction of sp³-hybridized carbons (Fsp3) is 0.300. The third-order valence-electron chi connectivity index (χ3n) is 29.8. The van der Waals surface area contributed by atoms with Crippen LogP contribution in [0.1, 0.15) is 241 Å². The van der Waals surface area contributed by atoms with Crippen LogP contribution < -0.4 is 18.9 Å². The lowest BCUT2D eigenvalue weighted by molar-refractivity contribution is 0.297. The Kier molecular flexibility index (Phi) is 21.6. The Morgan fingerprint density at radius 3 is 0.971 bits per heavy atom. The van der Waals surface area contributed by atoms with Crippen molar-refractivity contribution < 1.29 is 18.9 Å². The van der Waals surface area contributed by atoms with Gasteiger partial charge >= 0.3 is 0 Å². The van der Waals surface area contributed by atoms with Crippen LogP contribution in [0.25, 0.3) is 171 Å². The Hall–Kier alpha value is -13.2. The van der Waals surface area contributed by atoms with Gasteiger partial charge in [-0.15, -0.1) is 45.3 Å². The molecule has 0 amide bonds. The van der Waals surface area contributed by atoms with E-state index in [4.69, 9.17) is 58.9 Å². The van der Waals surface area contributed by atoms with Crippen molar-refractivity contribution >= 4 is 174 Å². The monoisotopic (exact) mass is 1910 g/mol. The van der Waals surface area contributed by atoms with Crippen molar-refractivity contribution in [2.45, 2.75) is 199 Å². The van der Waals surface area contributed by atoms with Crippen molar-refractivity contribution in [2.75, 3.05) is 13.2 Å². The summed E-state index contributed by atoms with van der Waals surface area (Å²) in [5, 5.41) is 10.0. The third kappa shape index (κ3) is 15.2. The average molecular weight is 1910 g/mol.